The van der Waals surface area contributed by atoms with Gasteiger partial charge in [-0.15, -0.1) is 0 Å². The van der Waals surface area contributed by atoms with Crippen molar-refractivity contribution in [3.63, 3.8) is 0 Å². The van der Waals surface area contributed by atoms with Crippen molar-refractivity contribution in [1.82, 2.24) is 0 Å². The molecule has 59 heavy (non-hydrogen) atoms. The zero-order chi connectivity index (χ0) is 42.9. The predicted molar refractivity (Wildman–Crippen MR) is 197 cm³/mol. The van der Waals surface area contributed by atoms with Gasteiger partial charge in [-0.3, -0.25) is 9.59 Å². The summed E-state index contributed by atoms with van der Waals surface area (Å²) >= 11 is 0. The van der Waals surface area contributed by atoms with Crippen LogP contribution < -0.4 is 56.5 Å². The molecule has 7 N–H and O–H groups in total. The quantitative estimate of drug-likeness (QED) is 0.107. The minimum atomic E-state index is -2.11. The molecule has 7 aliphatic rings. The number of ether oxygens (including phenoxy) is 4. The first-order chi connectivity index (χ1) is 26.8. The normalized spacial score (nSPS) is 51.7. The van der Waals surface area contributed by atoms with E-state index in [1.54, 1.807) is 0 Å². The summed E-state index contributed by atoms with van der Waals surface area (Å²) in [6, 6.07) is 0. The van der Waals surface area contributed by atoms with Crippen molar-refractivity contribution < 1.29 is 130 Å². The molecule has 0 aromatic rings. The summed E-state index contributed by atoms with van der Waals surface area (Å²) in [7, 11) is 0. The van der Waals surface area contributed by atoms with Crippen LogP contribution in [0.3, 0.4) is 0 Å². The number of aliphatic hydroxyl groups is 5. The molecule has 0 bridgehead atoms. The Labute approximate surface area is 386 Å². The van der Waals surface area contributed by atoms with E-state index in [2.05, 4.69) is 27.7 Å². The largest absolute Gasteiger partial charge is 1.00 e. The van der Waals surface area contributed by atoms with Crippen LogP contribution in [0.25, 0.3) is 0 Å². The number of aliphatic hydroxyl groups excluding tert-OH is 5. The van der Waals surface area contributed by atoms with E-state index in [-0.39, 0.29) is 85.8 Å². The van der Waals surface area contributed by atoms with E-state index >= 15 is 0 Å². The monoisotopic (exact) mass is 860 g/mol. The maximum Gasteiger partial charge on any atom is 1.00 e. The van der Waals surface area contributed by atoms with E-state index in [4.69, 9.17) is 18.9 Å². The third-order valence-electron chi connectivity index (χ3n) is 17.2. The number of carbonyl (C=O) groups is 4. The maximum absolute atomic E-state index is 14.8. The van der Waals surface area contributed by atoms with Crippen molar-refractivity contribution in [2.24, 2.45) is 50.2 Å². The number of aliphatic carboxylic acids is 3. The Bertz CT molecular complexity index is 1740. The summed E-state index contributed by atoms with van der Waals surface area (Å²) in [5.74, 6) is -4.76. The van der Waals surface area contributed by atoms with Gasteiger partial charge in [0.25, 0.3) is 0 Å². The zero-order valence-electron chi connectivity index (χ0n) is 35.3. The zero-order valence-corrected chi connectivity index (χ0v) is 38.5. The molecular formula is C42H61KO16. The average Bonchev–Trinajstić information content (AvgIpc) is 3.13. The first-order valence-corrected chi connectivity index (χ1v) is 20.7. The van der Waals surface area contributed by atoms with E-state index in [0.717, 1.165) is 24.8 Å². The first kappa shape index (κ1) is 47.6. The van der Waals surface area contributed by atoms with Gasteiger partial charge in [0.1, 0.15) is 42.7 Å². The second kappa shape index (κ2) is 16.0. The number of carboxylic acid groups (broad SMARTS) is 3. The topological polar surface area (TPSA) is 270 Å². The van der Waals surface area contributed by atoms with Gasteiger partial charge in [-0.25, -0.2) is 4.79 Å². The number of carbonyl (C=O) groups excluding carboxylic acids is 2. The molecule has 4 saturated carbocycles. The summed E-state index contributed by atoms with van der Waals surface area (Å²) in [6.45, 7) is 14.8. The van der Waals surface area contributed by atoms with Crippen LogP contribution in [-0.4, -0.2) is 127 Å². The minimum Gasteiger partial charge on any atom is -0.547 e. The van der Waals surface area contributed by atoms with Gasteiger partial charge in [0.05, 0.1) is 17.5 Å². The van der Waals surface area contributed by atoms with Crippen LogP contribution in [0.1, 0.15) is 106 Å². The number of rotatable bonds is 7. The van der Waals surface area contributed by atoms with Gasteiger partial charge in [0, 0.05) is 5.92 Å². The Morgan fingerprint density at radius 1 is 0.746 bits per heavy atom. The third-order valence-corrected chi connectivity index (χ3v) is 17.2. The van der Waals surface area contributed by atoms with Crippen LogP contribution in [0.4, 0.5) is 0 Å². The van der Waals surface area contributed by atoms with E-state index in [0.29, 0.717) is 38.5 Å². The third kappa shape index (κ3) is 7.21. The van der Waals surface area contributed by atoms with Crippen molar-refractivity contribution >= 4 is 23.7 Å². The van der Waals surface area contributed by atoms with Crippen LogP contribution in [0.5, 0.6) is 0 Å². The molecule has 0 spiro atoms. The molecule has 2 heterocycles. The summed E-state index contributed by atoms with van der Waals surface area (Å²) in [6.07, 6.45) is -12.7. The second-order valence-electron chi connectivity index (χ2n) is 20.6. The van der Waals surface area contributed by atoms with Crippen molar-refractivity contribution in [1.29, 1.82) is 0 Å². The van der Waals surface area contributed by atoms with Crippen molar-refractivity contribution in [2.75, 3.05) is 0 Å². The van der Waals surface area contributed by atoms with Crippen molar-refractivity contribution in [3.05, 3.63) is 11.6 Å². The maximum atomic E-state index is 14.8. The summed E-state index contributed by atoms with van der Waals surface area (Å²) in [5, 5.41) is 85.1. The SMILES string of the molecule is CC1(C(=O)O)CCC2(C)CCC3(C)C(=CC(=O)C4C5(C)CCC(OC6OC(C(=O)[O-])C(O)C(O)C6OC6OC(C(=O)O)C(O)C(O)C6O)C(C)(C)C5CCC43C)C2C1.[K+]. The number of fused-ring (bicyclic) bond motifs is 7. The van der Waals surface area contributed by atoms with Crippen molar-refractivity contribution in [2.45, 2.75) is 174 Å². The molecule has 0 amide bonds. The van der Waals surface area contributed by atoms with Gasteiger partial charge in [-0.05, 0) is 110 Å². The molecule has 0 aromatic carbocycles. The standard InChI is InChI=1S/C42H62O16.K/c1-37(2)21-8-11-42(7)31(20(43)16-18-19-17-39(4,36(53)54)13-12-38(19,3)14-15-41(18,42)6)40(21,5)10-9-22(37)55-35-30(26(47)25(46)29(57-35)33(51)52)58-34-27(48)23(44)24(45)28(56-34)32(49)50;/h16,19,21-31,34-35,44-48H,8-15,17H2,1-7H3,(H,49,50)(H,51,52)(H,53,54);/q;+1/p-1. The minimum absolute atomic E-state index is 0. The molecule has 0 radical (unpaired) electrons. The van der Waals surface area contributed by atoms with Gasteiger partial charge >= 0.3 is 63.3 Å². The van der Waals surface area contributed by atoms with E-state index in [1.807, 2.05) is 26.8 Å². The van der Waals surface area contributed by atoms with Crippen LogP contribution in [-0.2, 0) is 38.1 Å². The van der Waals surface area contributed by atoms with Gasteiger partial charge in [-0.1, -0.05) is 47.1 Å². The molecule has 19 unspecified atom stereocenters. The van der Waals surface area contributed by atoms with Crippen LogP contribution in [0.2, 0.25) is 0 Å². The van der Waals surface area contributed by atoms with Gasteiger partial charge in [0.2, 0.25) is 0 Å². The predicted octanol–water partition coefficient (Wildman–Crippen LogP) is -2.09. The summed E-state index contributed by atoms with van der Waals surface area (Å²) < 4.78 is 23.3. The molecule has 326 valence electrons. The van der Waals surface area contributed by atoms with Gasteiger partial charge < -0.3 is 64.6 Å². The summed E-state index contributed by atoms with van der Waals surface area (Å²) in [5.41, 5.74) is -1.86. The number of hydrogen-bond donors (Lipinski definition) is 7. The molecule has 17 heteroatoms. The Morgan fingerprint density at radius 2 is 1.36 bits per heavy atom. The Kier molecular flexibility index (Phi) is 12.9. The fourth-order valence-corrected chi connectivity index (χ4v) is 13.4. The Morgan fingerprint density at radius 3 is 1.97 bits per heavy atom. The number of allylic oxidation sites excluding steroid dienone is 2. The molecule has 19 atom stereocenters. The van der Waals surface area contributed by atoms with E-state index in [9.17, 15) is 60.0 Å². The average molecular weight is 861 g/mol. The molecule has 0 aromatic heterocycles. The van der Waals surface area contributed by atoms with Crippen LogP contribution in [0, 0.1) is 50.2 Å². The first-order valence-electron chi connectivity index (χ1n) is 20.7. The van der Waals surface area contributed by atoms with Crippen LogP contribution >= 0.6 is 0 Å². The fraction of sp³-hybridized carbons (Fsp3) is 0.857. The molecule has 7 rings (SSSR count). The smallest absolute Gasteiger partial charge is 0.547 e. The van der Waals surface area contributed by atoms with Crippen molar-refractivity contribution in [3.8, 4) is 0 Å². The Hall–Kier alpha value is -0.904. The van der Waals surface area contributed by atoms with E-state index in [1.165, 1.54) is 0 Å². The number of ketones is 1. The number of carboxylic acids is 3. The fourth-order valence-electron chi connectivity index (χ4n) is 13.4. The molecule has 2 saturated heterocycles. The summed E-state index contributed by atoms with van der Waals surface area (Å²) in [4.78, 5) is 51.2. The van der Waals surface area contributed by atoms with Crippen LogP contribution in [0.15, 0.2) is 11.6 Å². The molecule has 2 aliphatic heterocycles. The molecule has 16 nitrogen and oxygen atoms in total. The van der Waals surface area contributed by atoms with Gasteiger partial charge in [-0.2, -0.15) is 0 Å². The molecule has 5 aliphatic carbocycles. The Balaban J connectivity index is 0.00000585. The molecule has 6 fully saturated rings. The van der Waals surface area contributed by atoms with E-state index < -0.39 is 107 Å². The molecular weight excluding hydrogens is 800 g/mol. The number of hydrogen-bond acceptors (Lipinski definition) is 14. The second-order valence-corrected chi connectivity index (χ2v) is 20.6. The van der Waals surface area contributed by atoms with Gasteiger partial charge in [0.15, 0.2) is 24.5 Å².